The summed E-state index contributed by atoms with van der Waals surface area (Å²) in [6, 6.07) is -0.437. The Kier molecular flexibility index (Phi) is 5.32. The third-order valence-corrected chi connectivity index (χ3v) is 2.06. The minimum absolute atomic E-state index is 0.372. The second-order valence-electron chi connectivity index (χ2n) is 2.26. The lowest BCUT2D eigenvalue weighted by Crippen LogP contribution is -2.42. The van der Waals surface area contributed by atoms with E-state index in [2.05, 4.69) is 12.6 Å². The van der Waals surface area contributed by atoms with Crippen LogP contribution in [0.1, 0.15) is 13.8 Å². The number of rotatable bonds is 5. The molecule has 0 bridgehead atoms. The Morgan fingerprint density at radius 1 is 1.55 bits per heavy atom. The predicted octanol–water partition coefficient (Wildman–Crippen LogP) is 0.711. The number of aliphatic carboxylic acids is 1. The smallest absolute Gasteiger partial charge is 0.321 e. The highest BCUT2D eigenvalue weighted by atomic mass is 32.1. The molecular weight excluding hydrogens is 162 g/mol. The van der Waals surface area contributed by atoms with Crippen LogP contribution in [0.15, 0.2) is 0 Å². The molecule has 0 aromatic heterocycles. The van der Waals surface area contributed by atoms with Gasteiger partial charge in [0.1, 0.15) is 6.04 Å². The summed E-state index contributed by atoms with van der Waals surface area (Å²) < 4.78 is 0. The number of hydrogen-bond donors (Lipinski definition) is 2. The molecule has 0 spiro atoms. The SMILES string of the molecule is CCN(CC)C(CS)C(=O)O. The summed E-state index contributed by atoms with van der Waals surface area (Å²) in [6.45, 7) is 5.41. The van der Waals surface area contributed by atoms with Gasteiger partial charge in [0.25, 0.3) is 0 Å². The van der Waals surface area contributed by atoms with E-state index in [1.807, 2.05) is 18.7 Å². The van der Waals surface area contributed by atoms with Gasteiger partial charge >= 0.3 is 5.97 Å². The van der Waals surface area contributed by atoms with Crippen molar-refractivity contribution in [3.63, 3.8) is 0 Å². The molecule has 0 aliphatic rings. The zero-order chi connectivity index (χ0) is 8.85. The molecule has 1 N–H and O–H groups in total. The fourth-order valence-electron chi connectivity index (χ4n) is 1.01. The average molecular weight is 177 g/mol. The topological polar surface area (TPSA) is 40.5 Å². The van der Waals surface area contributed by atoms with Gasteiger partial charge in [0.05, 0.1) is 0 Å². The lowest BCUT2D eigenvalue weighted by molar-refractivity contribution is -0.142. The Morgan fingerprint density at radius 2 is 2.00 bits per heavy atom. The molecule has 4 heteroatoms. The summed E-state index contributed by atoms with van der Waals surface area (Å²) >= 11 is 3.98. The Labute approximate surface area is 72.8 Å². The highest BCUT2D eigenvalue weighted by molar-refractivity contribution is 7.80. The van der Waals surface area contributed by atoms with E-state index in [-0.39, 0.29) is 0 Å². The molecule has 1 atom stereocenters. The van der Waals surface area contributed by atoms with Crippen LogP contribution < -0.4 is 0 Å². The number of likely N-dealkylation sites (N-methyl/N-ethyl adjacent to an activating group) is 1. The molecule has 11 heavy (non-hydrogen) atoms. The van der Waals surface area contributed by atoms with Gasteiger partial charge < -0.3 is 5.11 Å². The van der Waals surface area contributed by atoms with Crippen LogP contribution in [0, 0.1) is 0 Å². The van der Waals surface area contributed by atoms with E-state index in [1.54, 1.807) is 0 Å². The quantitative estimate of drug-likeness (QED) is 0.608. The van der Waals surface area contributed by atoms with Crippen molar-refractivity contribution in [1.29, 1.82) is 0 Å². The Morgan fingerprint density at radius 3 is 2.09 bits per heavy atom. The average Bonchev–Trinajstić information content (AvgIpc) is 1.99. The number of hydrogen-bond acceptors (Lipinski definition) is 3. The fraction of sp³-hybridized carbons (Fsp3) is 0.857. The summed E-state index contributed by atoms with van der Waals surface area (Å²) in [6.07, 6.45) is 0. The number of nitrogens with zero attached hydrogens (tertiary/aromatic N) is 1. The second kappa shape index (κ2) is 5.43. The third kappa shape index (κ3) is 3.12. The van der Waals surface area contributed by atoms with Crippen molar-refractivity contribution in [3.05, 3.63) is 0 Å². The fourth-order valence-corrected chi connectivity index (χ4v) is 1.40. The van der Waals surface area contributed by atoms with E-state index in [4.69, 9.17) is 5.11 Å². The van der Waals surface area contributed by atoms with Gasteiger partial charge in [-0.25, -0.2) is 0 Å². The lowest BCUT2D eigenvalue weighted by atomic mass is 10.3. The standard InChI is InChI=1S/C7H15NO2S/c1-3-8(4-2)6(5-11)7(9)10/h6,11H,3-5H2,1-2H3,(H,9,10). The minimum atomic E-state index is -0.788. The predicted molar refractivity (Wildman–Crippen MR) is 48.2 cm³/mol. The molecule has 1 unspecified atom stereocenters. The normalized spacial score (nSPS) is 13.5. The van der Waals surface area contributed by atoms with Gasteiger partial charge in [0, 0.05) is 5.75 Å². The van der Waals surface area contributed by atoms with Gasteiger partial charge in [-0.3, -0.25) is 9.69 Å². The molecule has 0 saturated heterocycles. The van der Waals surface area contributed by atoms with E-state index in [9.17, 15) is 4.79 Å². The lowest BCUT2D eigenvalue weighted by Gasteiger charge is -2.24. The number of carbonyl (C=O) groups is 1. The van der Waals surface area contributed by atoms with Crippen molar-refractivity contribution in [2.24, 2.45) is 0 Å². The highest BCUT2D eigenvalue weighted by Crippen LogP contribution is 2.00. The molecule has 0 aromatic rings. The zero-order valence-electron chi connectivity index (χ0n) is 6.95. The van der Waals surface area contributed by atoms with Crippen molar-refractivity contribution in [2.75, 3.05) is 18.8 Å². The molecule has 0 fully saturated rings. The molecule has 0 aromatic carbocycles. The number of carboxylic acids is 1. The summed E-state index contributed by atoms with van der Waals surface area (Å²) in [7, 11) is 0. The zero-order valence-corrected chi connectivity index (χ0v) is 7.84. The minimum Gasteiger partial charge on any atom is -0.480 e. The molecule has 0 aliphatic heterocycles. The summed E-state index contributed by atoms with van der Waals surface area (Å²) in [5.41, 5.74) is 0. The Balaban J connectivity index is 4.09. The molecule has 66 valence electrons. The molecular formula is C7H15NO2S. The molecule has 0 amide bonds. The van der Waals surface area contributed by atoms with Gasteiger partial charge in [-0.1, -0.05) is 13.8 Å². The van der Waals surface area contributed by atoms with Crippen molar-refractivity contribution >= 4 is 18.6 Å². The molecule has 0 radical (unpaired) electrons. The van der Waals surface area contributed by atoms with Crippen LogP contribution in [0.5, 0.6) is 0 Å². The number of thiol groups is 1. The van der Waals surface area contributed by atoms with Crippen molar-refractivity contribution in [2.45, 2.75) is 19.9 Å². The van der Waals surface area contributed by atoms with Crippen LogP contribution in [0.3, 0.4) is 0 Å². The molecule has 0 aliphatic carbocycles. The largest absolute Gasteiger partial charge is 0.480 e. The molecule has 0 rings (SSSR count). The van der Waals surface area contributed by atoms with Crippen LogP contribution >= 0.6 is 12.6 Å². The second-order valence-corrected chi connectivity index (χ2v) is 2.62. The van der Waals surface area contributed by atoms with E-state index in [1.165, 1.54) is 0 Å². The maximum Gasteiger partial charge on any atom is 0.321 e. The monoisotopic (exact) mass is 177 g/mol. The summed E-state index contributed by atoms with van der Waals surface area (Å²) in [5.74, 6) is -0.416. The maximum absolute atomic E-state index is 10.6. The third-order valence-electron chi connectivity index (χ3n) is 1.71. The first-order valence-corrected chi connectivity index (χ1v) is 4.38. The van der Waals surface area contributed by atoms with Crippen LogP contribution in [-0.2, 0) is 4.79 Å². The van der Waals surface area contributed by atoms with Crippen LogP contribution in [0.4, 0.5) is 0 Å². The van der Waals surface area contributed by atoms with Crippen molar-refractivity contribution in [1.82, 2.24) is 4.90 Å². The first-order valence-electron chi connectivity index (χ1n) is 3.75. The van der Waals surface area contributed by atoms with Crippen molar-refractivity contribution in [3.8, 4) is 0 Å². The van der Waals surface area contributed by atoms with Gasteiger partial charge in [0.15, 0.2) is 0 Å². The van der Waals surface area contributed by atoms with Crippen LogP contribution in [-0.4, -0.2) is 40.9 Å². The van der Waals surface area contributed by atoms with E-state index >= 15 is 0 Å². The Bertz CT molecular complexity index is 126. The Hall–Kier alpha value is -0.220. The first kappa shape index (κ1) is 10.8. The van der Waals surface area contributed by atoms with Gasteiger partial charge in [0.2, 0.25) is 0 Å². The molecule has 0 saturated carbocycles. The first-order chi connectivity index (χ1) is 5.17. The summed E-state index contributed by atoms with van der Waals surface area (Å²) in [5, 5.41) is 8.72. The van der Waals surface area contributed by atoms with Gasteiger partial charge in [-0.15, -0.1) is 0 Å². The van der Waals surface area contributed by atoms with Crippen LogP contribution in [0.2, 0.25) is 0 Å². The molecule has 0 heterocycles. The maximum atomic E-state index is 10.6. The molecule has 3 nitrogen and oxygen atoms in total. The van der Waals surface area contributed by atoms with E-state index < -0.39 is 12.0 Å². The van der Waals surface area contributed by atoms with Crippen molar-refractivity contribution < 1.29 is 9.90 Å². The van der Waals surface area contributed by atoms with Crippen LogP contribution in [0.25, 0.3) is 0 Å². The highest BCUT2D eigenvalue weighted by Gasteiger charge is 2.20. The van der Waals surface area contributed by atoms with Gasteiger partial charge in [-0.2, -0.15) is 12.6 Å². The van der Waals surface area contributed by atoms with E-state index in [0.29, 0.717) is 5.75 Å². The summed E-state index contributed by atoms with van der Waals surface area (Å²) in [4.78, 5) is 12.5. The number of carboxylic acid groups (broad SMARTS) is 1. The van der Waals surface area contributed by atoms with E-state index in [0.717, 1.165) is 13.1 Å². The van der Waals surface area contributed by atoms with Gasteiger partial charge in [-0.05, 0) is 13.1 Å².